The maximum atomic E-state index is 12.7. The zero-order valence-electron chi connectivity index (χ0n) is 11.3. The Labute approximate surface area is 112 Å². The summed E-state index contributed by atoms with van der Waals surface area (Å²) < 4.78 is 38.0. The molecule has 1 saturated carbocycles. The smallest absolute Gasteiger partial charge is 0.321 e. The first-order valence-corrected chi connectivity index (χ1v) is 6.66. The van der Waals surface area contributed by atoms with Crippen LogP contribution in [-0.4, -0.2) is 6.18 Å². The van der Waals surface area contributed by atoms with E-state index < -0.39 is 17.6 Å². The lowest BCUT2D eigenvalue weighted by molar-refractivity contribution is -0.184. The molecule has 0 spiro atoms. The molecule has 0 saturated heterocycles. The van der Waals surface area contributed by atoms with Crippen LogP contribution in [0.3, 0.4) is 0 Å². The number of hydrogen-bond donors (Lipinski definition) is 1. The van der Waals surface area contributed by atoms with Crippen molar-refractivity contribution in [2.45, 2.75) is 51.2 Å². The fraction of sp³-hybridized carbons (Fsp3) is 0.600. The third-order valence-corrected chi connectivity index (χ3v) is 4.42. The number of rotatable bonds is 1. The molecule has 0 atom stereocenters. The van der Waals surface area contributed by atoms with Gasteiger partial charge in [-0.05, 0) is 56.2 Å². The van der Waals surface area contributed by atoms with Crippen LogP contribution in [0.4, 0.5) is 13.2 Å². The lowest BCUT2D eigenvalue weighted by atomic mass is 9.73. The molecule has 0 bridgehead atoms. The van der Waals surface area contributed by atoms with Gasteiger partial charge < -0.3 is 5.73 Å². The molecule has 1 nitrogen and oxygen atoms in total. The minimum absolute atomic E-state index is 0.132. The van der Waals surface area contributed by atoms with E-state index in [1.54, 1.807) is 0 Å². The van der Waals surface area contributed by atoms with Gasteiger partial charge in [0.25, 0.3) is 0 Å². The molecule has 0 aromatic heterocycles. The highest BCUT2D eigenvalue weighted by molar-refractivity contribution is 5.34. The van der Waals surface area contributed by atoms with Gasteiger partial charge in [-0.3, -0.25) is 0 Å². The summed E-state index contributed by atoms with van der Waals surface area (Å²) in [5, 5.41) is 0. The van der Waals surface area contributed by atoms with E-state index in [-0.39, 0.29) is 12.8 Å². The van der Waals surface area contributed by atoms with Crippen molar-refractivity contribution in [1.82, 2.24) is 0 Å². The van der Waals surface area contributed by atoms with Crippen molar-refractivity contribution in [1.29, 1.82) is 0 Å². The molecule has 0 aliphatic heterocycles. The van der Waals surface area contributed by atoms with Crippen LogP contribution in [0.2, 0.25) is 0 Å². The van der Waals surface area contributed by atoms with Crippen LogP contribution >= 0.6 is 0 Å². The van der Waals surface area contributed by atoms with Gasteiger partial charge in [0.05, 0.1) is 5.92 Å². The fourth-order valence-corrected chi connectivity index (χ4v) is 2.80. The number of aryl methyl sites for hydroxylation is 2. The summed E-state index contributed by atoms with van der Waals surface area (Å²) in [5.74, 6) is -1.18. The van der Waals surface area contributed by atoms with E-state index in [1.807, 2.05) is 32.0 Å². The van der Waals surface area contributed by atoms with Crippen molar-refractivity contribution in [3.05, 3.63) is 34.9 Å². The molecular weight excluding hydrogens is 251 g/mol. The molecule has 1 fully saturated rings. The Bertz CT molecular complexity index is 457. The average molecular weight is 271 g/mol. The highest BCUT2D eigenvalue weighted by Crippen LogP contribution is 2.44. The average Bonchev–Trinajstić information content (AvgIpc) is 2.32. The SMILES string of the molecule is Cc1ccc(C2(N)CCC(C(F)(F)F)CC2)cc1C. The summed E-state index contributed by atoms with van der Waals surface area (Å²) in [6.07, 6.45) is -3.01. The first-order chi connectivity index (χ1) is 8.72. The summed E-state index contributed by atoms with van der Waals surface area (Å²) in [7, 11) is 0. The maximum absolute atomic E-state index is 12.7. The van der Waals surface area contributed by atoms with Gasteiger partial charge in [0, 0.05) is 5.54 Å². The quantitative estimate of drug-likeness (QED) is 0.813. The van der Waals surface area contributed by atoms with Gasteiger partial charge >= 0.3 is 6.18 Å². The van der Waals surface area contributed by atoms with Crippen molar-refractivity contribution in [3.63, 3.8) is 0 Å². The zero-order chi connectivity index (χ0) is 14.3. The Hall–Kier alpha value is -1.03. The summed E-state index contributed by atoms with van der Waals surface area (Å²) in [6.45, 7) is 4.02. The van der Waals surface area contributed by atoms with E-state index in [1.165, 1.54) is 5.56 Å². The number of alkyl halides is 3. The summed E-state index contributed by atoms with van der Waals surface area (Å²) in [6, 6.07) is 5.97. The molecule has 1 aromatic rings. The van der Waals surface area contributed by atoms with Crippen LogP contribution in [0.15, 0.2) is 18.2 Å². The van der Waals surface area contributed by atoms with E-state index in [0.717, 1.165) is 11.1 Å². The van der Waals surface area contributed by atoms with Gasteiger partial charge in [-0.1, -0.05) is 18.2 Å². The molecule has 2 rings (SSSR count). The second kappa shape index (κ2) is 4.82. The molecule has 0 amide bonds. The molecule has 1 aromatic carbocycles. The van der Waals surface area contributed by atoms with Crippen molar-refractivity contribution >= 4 is 0 Å². The van der Waals surface area contributed by atoms with Gasteiger partial charge in [0.15, 0.2) is 0 Å². The van der Waals surface area contributed by atoms with Crippen molar-refractivity contribution in [2.24, 2.45) is 11.7 Å². The van der Waals surface area contributed by atoms with Crippen LogP contribution in [0, 0.1) is 19.8 Å². The lowest BCUT2D eigenvalue weighted by Crippen LogP contribution is -2.43. The van der Waals surface area contributed by atoms with Gasteiger partial charge in [-0.2, -0.15) is 13.2 Å². The molecule has 0 radical (unpaired) electrons. The van der Waals surface area contributed by atoms with E-state index in [9.17, 15) is 13.2 Å². The third kappa shape index (κ3) is 2.94. The minimum Gasteiger partial charge on any atom is -0.321 e. The Balaban J connectivity index is 2.15. The van der Waals surface area contributed by atoms with Crippen LogP contribution in [-0.2, 0) is 5.54 Å². The van der Waals surface area contributed by atoms with E-state index in [0.29, 0.717) is 12.8 Å². The first kappa shape index (κ1) is 14.4. The van der Waals surface area contributed by atoms with Gasteiger partial charge in [0.2, 0.25) is 0 Å². The minimum atomic E-state index is -4.08. The Kier molecular flexibility index (Phi) is 3.65. The van der Waals surface area contributed by atoms with Crippen LogP contribution in [0.5, 0.6) is 0 Å². The predicted octanol–water partition coefficient (Wildman–Crippen LogP) is 4.21. The molecule has 106 valence electrons. The normalized spacial score (nSPS) is 28.4. The van der Waals surface area contributed by atoms with Gasteiger partial charge in [0.1, 0.15) is 0 Å². The Morgan fingerprint density at radius 3 is 2.16 bits per heavy atom. The van der Waals surface area contributed by atoms with Crippen LogP contribution < -0.4 is 5.73 Å². The Morgan fingerprint density at radius 1 is 1.11 bits per heavy atom. The third-order valence-electron chi connectivity index (χ3n) is 4.42. The number of halogens is 3. The summed E-state index contributed by atoms with van der Waals surface area (Å²) in [4.78, 5) is 0. The van der Waals surface area contributed by atoms with Crippen molar-refractivity contribution in [3.8, 4) is 0 Å². The fourth-order valence-electron chi connectivity index (χ4n) is 2.80. The molecule has 4 heteroatoms. The summed E-state index contributed by atoms with van der Waals surface area (Å²) >= 11 is 0. The molecule has 1 aliphatic carbocycles. The van der Waals surface area contributed by atoms with Crippen molar-refractivity contribution in [2.75, 3.05) is 0 Å². The monoisotopic (exact) mass is 271 g/mol. The topological polar surface area (TPSA) is 26.0 Å². The zero-order valence-corrected chi connectivity index (χ0v) is 11.3. The van der Waals surface area contributed by atoms with E-state index in [4.69, 9.17) is 5.73 Å². The van der Waals surface area contributed by atoms with E-state index in [2.05, 4.69) is 0 Å². The predicted molar refractivity (Wildman–Crippen MR) is 69.8 cm³/mol. The largest absolute Gasteiger partial charge is 0.391 e. The summed E-state index contributed by atoms with van der Waals surface area (Å²) in [5.41, 5.74) is 9.03. The molecular formula is C15H20F3N. The standard InChI is InChI=1S/C15H20F3N/c1-10-3-4-13(9-11(10)2)14(19)7-5-12(6-8-14)15(16,17)18/h3-4,9,12H,5-8,19H2,1-2H3. The molecule has 0 heterocycles. The van der Waals surface area contributed by atoms with Crippen LogP contribution in [0.1, 0.15) is 42.4 Å². The maximum Gasteiger partial charge on any atom is 0.391 e. The molecule has 19 heavy (non-hydrogen) atoms. The number of hydrogen-bond acceptors (Lipinski definition) is 1. The number of nitrogens with two attached hydrogens (primary N) is 1. The first-order valence-electron chi connectivity index (χ1n) is 6.66. The second-order valence-electron chi connectivity index (χ2n) is 5.77. The lowest BCUT2D eigenvalue weighted by Gasteiger charge is -2.38. The van der Waals surface area contributed by atoms with E-state index >= 15 is 0 Å². The van der Waals surface area contributed by atoms with Gasteiger partial charge in [-0.25, -0.2) is 0 Å². The molecule has 2 N–H and O–H groups in total. The molecule has 1 aliphatic rings. The van der Waals surface area contributed by atoms with Crippen molar-refractivity contribution < 1.29 is 13.2 Å². The van der Waals surface area contributed by atoms with Gasteiger partial charge in [-0.15, -0.1) is 0 Å². The highest BCUT2D eigenvalue weighted by atomic mass is 19.4. The number of benzene rings is 1. The van der Waals surface area contributed by atoms with Crippen LogP contribution in [0.25, 0.3) is 0 Å². The highest BCUT2D eigenvalue weighted by Gasteiger charge is 2.45. The Morgan fingerprint density at radius 2 is 1.68 bits per heavy atom. The second-order valence-corrected chi connectivity index (χ2v) is 5.77. The molecule has 0 unspecified atom stereocenters.